The lowest BCUT2D eigenvalue weighted by molar-refractivity contribution is 0.629. The van der Waals surface area contributed by atoms with Crippen molar-refractivity contribution in [1.82, 2.24) is 0 Å². The number of hydrogen-bond acceptors (Lipinski definition) is 1. The second-order valence-electron chi connectivity index (χ2n) is 6.51. The summed E-state index contributed by atoms with van der Waals surface area (Å²) in [5, 5.41) is 6.94. The van der Waals surface area contributed by atoms with E-state index in [0.717, 1.165) is 11.0 Å². The summed E-state index contributed by atoms with van der Waals surface area (Å²) in [5.74, 6) is -0.209. The molecule has 4 aromatic carbocycles. The molecule has 0 radical (unpaired) electrons. The van der Waals surface area contributed by atoms with Crippen LogP contribution < -0.4 is 21.2 Å². The molecule has 0 saturated carbocycles. The van der Waals surface area contributed by atoms with Gasteiger partial charge in [0.1, 0.15) is 5.82 Å². The van der Waals surface area contributed by atoms with Crippen LogP contribution in [0.15, 0.2) is 109 Å². The minimum absolute atomic E-state index is 0.209. The van der Waals surface area contributed by atoms with Gasteiger partial charge in [-0.3, -0.25) is 0 Å². The van der Waals surface area contributed by atoms with Crippen LogP contribution in [-0.2, 0) is 6.54 Å². The van der Waals surface area contributed by atoms with Crippen molar-refractivity contribution in [3.8, 4) is 0 Å². The fourth-order valence-electron chi connectivity index (χ4n) is 3.21. The fraction of sp³-hybridized carbons (Fsp3) is 0.0400. The zero-order valence-electron chi connectivity index (χ0n) is 15.4. The number of rotatable bonds is 6. The molecule has 0 aliphatic carbocycles. The largest absolute Gasteiger partial charge is 0.380 e. The van der Waals surface area contributed by atoms with Crippen molar-refractivity contribution in [1.29, 1.82) is 0 Å². The molecule has 0 aliphatic heterocycles. The molecule has 1 N–H and O–H groups in total. The molecule has 0 atom stereocenters. The average Bonchev–Trinajstić information content (AvgIpc) is 2.76. The molecule has 0 aromatic heterocycles. The standard InChI is InChI=1S/C25H21FNP/c26-21-16-17-24(27-19-20-10-4-1-5-11-20)25(18-21)28(22-12-6-2-7-13-22)23-14-8-3-9-15-23/h1-18,27H,19H2. The zero-order chi connectivity index (χ0) is 19.2. The number of halogens is 1. The van der Waals surface area contributed by atoms with Gasteiger partial charge in [-0.15, -0.1) is 0 Å². The van der Waals surface area contributed by atoms with Crippen LogP contribution in [0.3, 0.4) is 0 Å². The maximum absolute atomic E-state index is 14.3. The summed E-state index contributed by atoms with van der Waals surface area (Å²) in [7, 11) is -0.866. The molecule has 0 spiro atoms. The summed E-state index contributed by atoms with van der Waals surface area (Å²) < 4.78 is 14.3. The van der Waals surface area contributed by atoms with Gasteiger partial charge in [-0.05, 0) is 42.3 Å². The molecule has 28 heavy (non-hydrogen) atoms. The second kappa shape index (κ2) is 8.82. The second-order valence-corrected chi connectivity index (χ2v) is 8.69. The van der Waals surface area contributed by atoms with Gasteiger partial charge < -0.3 is 5.32 Å². The van der Waals surface area contributed by atoms with Gasteiger partial charge in [0, 0.05) is 17.5 Å². The Labute approximate surface area is 166 Å². The molecule has 4 rings (SSSR count). The highest BCUT2D eigenvalue weighted by Gasteiger charge is 2.20. The number of benzene rings is 4. The van der Waals surface area contributed by atoms with E-state index in [1.807, 2.05) is 60.7 Å². The SMILES string of the molecule is Fc1ccc(NCc2ccccc2)c(P(c2ccccc2)c2ccccc2)c1. The molecule has 0 aliphatic rings. The number of anilines is 1. The van der Waals surface area contributed by atoms with Gasteiger partial charge >= 0.3 is 0 Å². The van der Waals surface area contributed by atoms with E-state index in [2.05, 4.69) is 41.7 Å². The van der Waals surface area contributed by atoms with E-state index >= 15 is 0 Å². The lowest BCUT2D eigenvalue weighted by Gasteiger charge is -2.23. The van der Waals surface area contributed by atoms with Crippen LogP contribution in [0.1, 0.15) is 5.56 Å². The molecule has 0 heterocycles. The van der Waals surface area contributed by atoms with E-state index in [-0.39, 0.29) is 5.82 Å². The normalized spacial score (nSPS) is 10.8. The molecule has 1 nitrogen and oxygen atoms in total. The zero-order valence-corrected chi connectivity index (χ0v) is 16.3. The third-order valence-corrected chi connectivity index (χ3v) is 7.04. The van der Waals surface area contributed by atoms with Crippen molar-refractivity contribution in [2.24, 2.45) is 0 Å². The minimum Gasteiger partial charge on any atom is -0.380 e. The maximum Gasteiger partial charge on any atom is 0.124 e. The highest BCUT2D eigenvalue weighted by atomic mass is 31.1. The van der Waals surface area contributed by atoms with E-state index in [9.17, 15) is 4.39 Å². The fourth-order valence-corrected chi connectivity index (χ4v) is 5.66. The predicted molar refractivity (Wildman–Crippen MR) is 119 cm³/mol. The Hall–Kier alpha value is -2.96. The monoisotopic (exact) mass is 385 g/mol. The maximum atomic E-state index is 14.3. The molecule has 0 saturated heterocycles. The lowest BCUT2D eigenvalue weighted by atomic mass is 10.2. The van der Waals surface area contributed by atoms with E-state index in [1.165, 1.54) is 22.2 Å². The first-order valence-electron chi connectivity index (χ1n) is 9.29. The summed E-state index contributed by atoms with van der Waals surface area (Å²) in [6, 6.07) is 36.1. The van der Waals surface area contributed by atoms with Gasteiger partial charge in [0.05, 0.1) is 0 Å². The van der Waals surface area contributed by atoms with Crippen LogP contribution in [0.25, 0.3) is 0 Å². The van der Waals surface area contributed by atoms with Crippen molar-refractivity contribution >= 4 is 29.5 Å². The van der Waals surface area contributed by atoms with Gasteiger partial charge in [-0.25, -0.2) is 4.39 Å². The minimum atomic E-state index is -0.866. The number of nitrogens with one attached hydrogen (secondary N) is 1. The Morgan fingerprint density at radius 2 is 1.18 bits per heavy atom. The van der Waals surface area contributed by atoms with E-state index < -0.39 is 7.92 Å². The Balaban J connectivity index is 1.76. The van der Waals surface area contributed by atoms with Gasteiger partial charge in [-0.2, -0.15) is 0 Å². The van der Waals surface area contributed by atoms with Crippen molar-refractivity contribution in [2.45, 2.75) is 6.54 Å². The molecule has 0 amide bonds. The van der Waals surface area contributed by atoms with Crippen LogP contribution in [0.2, 0.25) is 0 Å². The molecule has 0 fully saturated rings. The van der Waals surface area contributed by atoms with Crippen molar-refractivity contribution < 1.29 is 4.39 Å². The Kier molecular flexibility index (Phi) is 5.80. The van der Waals surface area contributed by atoms with Crippen LogP contribution >= 0.6 is 7.92 Å². The van der Waals surface area contributed by atoms with Crippen molar-refractivity contribution in [3.63, 3.8) is 0 Å². The summed E-state index contributed by atoms with van der Waals surface area (Å²) in [6.45, 7) is 0.701. The highest BCUT2D eigenvalue weighted by Crippen LogP contribution is 2.36. The quantitative estimate of drug-likeness (QED) is 0.450. The number of hydrogen-bond donors (Lipinski definition) is 1. The molecular formula is C25H21FNP. The smallest absolute Gasteiger partial charge is 0.124 e. The third kappa shape index (κ3) is 4.30. The Bertz CT molecular complexity index is 981. The first-order valence-corrected chi connectivity index (χ1v) is 10.6. The molecule has 138 valence electrons. The van der Waals surface area contributed by atoms with Gasteiger partial charge in [-0.1, -0.05) is 91.0 Å². The van der Waals surface area contributed by atoms with E-state index in [0.29, 0.717) is 6.54 Å². The molecule has 0 bridgehead atoms. The van der Waals surface area contributed by atoms with Crippen molar-refractivity contribution in [3.05, 3.63) is 121 Å². The van der Waals surface area contributed by atoms with Gasteiger partial charge in [0.2, 0.25) is 0 Å². The molecule has 0 unspecified atom stereocenters. The summed E-state index contributed by atoms with van der Waals surface area (Å²) in [6.07, 6.45) is 0. The van der Waals surface area contributed by atoms with E-state index in [1.54, 1.807) is 6.07 Å². The van der Waals surface area contributed by atoms with E-state index in [4.69, 9.17) is 0 Å². The molecular weight excluding hydrogens is 364 g/mol. The van der Waals surface area contributed by atoms with Gasteiger partial charge in [0.15, 0.2) is 0 Å². The van der Waals surface area contributed by atoms with Crippen molar-refractivity contribution in [2.75, 3.05) is 5.32 Å². The average molecular weight is 385 g/mol. The Morgan fingerprint density at radius 3 is 1.75 bits per heavy atom. The van der Waals surface area contributed by atoms with Gasteiger partial charge in [0.25, 0.3) is 0 Å². The first-order chi connectivity index (χ1) is 13.8. The topological polar surface area (TPSA) is 12.0 Å². The lowest BCUT2D eigenvalue weighted by Crippen LogP contribution is -2.23. The summed E-state index contributed by atoms with van der Waals surface area (Å²) in [4.78, 5) is 0. The molecule has 4 aromatic rings. The molecule has 3 heteroatoms. The highest BCUT2D eigenvalue weighted by molar-refractivity contribution is 7.80. The van der Waals surface area contributed by atoms with Crippen LogP contribution in [0, 0.1) is 5.82 Å². The summed E-state index contributed by atoms with van der Waals surface area (Å²) in [5.41, 5.74) is 2.17. The van der Waals surface area contributed by atoms with Crippen LogP contribution in [0.5, 0.6) is 0 Å². The van der Waals surface area contributed by atoms with Crippen LogP contribution in [-0.4, -0.2) is 0 Å². The first kappa shape index (κ1) is 18.4. The summed E-state index contributed by atoms with van der Waals surface area (Å²) >= 11 is 0. The van der Waals surface area contributed by atoms with Crippen LogP contribution in [0.4, 0.5) is 10.1 Å². The third-order valence-electron chi connectivity index (χ3n) is 4.56. The predicted octanol–water partition coefficient (Wildman–Crippen LogP) is 5.20. The Morgan fingerprint density at radius 1 is 0.643 bits per heavy atom.